The molecule has 1 atom stereocenters. The van der Waals surface area contributed by atoms with Gasteiger partial charge in [0.1, 0.15) is 6.04 Å². The molecule has 1 fully saturated rings. The topological polar surface area (TPSA) is 100 Å². The lowest BCUT2D eigenvalue weighted by atomic mass is 10.1. The van der Waals surface area contributed by atoms with Crippen molar-refractivity contribution in [3.63, 3.8) is 0 Å². The third-order valence-electron chi connectivity index (χ3n) is 5.30. The minimum atomic E-state index is -4.61. The Morgan fingerprint density at radius 3 is 2.58 bits per heavy atom. The average molecular weight is 436 g/mol. The van der Waals surface area contributed by atoms with Crippen molar-refractivity contribution >= 4 is 17.8 Å². The maximum atomic E-state index is 12.9. The van der Waals surface area contributed by atoms with Crippen LogP contribution in [0.25, 0.3) is 0 Å². The van der Waals surface area contributed by atoms with Crippen LogP contribution in [0.1, 0.15) is 30.1 Å². The first-order valence-corrected chi connectivity index (χ1v) is 9.67. The fraction of sp³-hybridized carbons (Fsp3) is 0.421. The molecule has 0 saturated carbocycles. The van der Waals surface area contributed by atoms with Crippen molar-refractivity contribution in [2.24, 2.45) is 0 Å². The summed E-state index contributed by atoms with van der Waals surface area (Å²) in [6.07, 6.45) is -4.54. The SMILES string of the molecule is O=C(CC[C@H]1NC(=O)N(Cc2ccccc2)C1=O)N1CCn2c(nnc2C(F)(F)F)C1. The monoisotopic (exact) mass is 436 g/mol. The van der Waals surface area contributed by atoms with Crippen molar-refractivity contribution in [1.29, 1.82) is 0 Å². The Bertz CT molecular complexity index is 1010. The van der Waals surface area contributed by atoms with E-state index in [9.17, 15) is 27.6 Å². The molecule has 1 aromatic carbocycles. The van der Waals surface area contributed by atoms with Gasteiger partial charge in [-0.3, -0.25) is 14.5 Å². The van der Waals surface area contributed by atoms with Gasteiger partial charge in [-0.2, -0.15) is 13.2 Å². The summed E-state index contributed by atoms with van der Waals surface area (Å²) in [5.74, 6) is -1.75. The van der Waals surface area contributed by atoms with E-state index in [0.29, 0.717) is 0 Å². The number of carbonyl (C=O) groups excluding carboxylic acids is 3. The van der Waals surface area contributed by atoms with E-state index in [1.54, 1.807) is 24.3 Å². The standard InChI is InChI=1S/C19H19F3N6O3/c20-19(21,22)17-25-24-14-11-26(8-9-27(14)17)15(29)7-6-13-16(30)28(18(31)23-13)10-12-4-2-1-3-5-12/h1-5,13H,6-11H2,(H,23,31)/t13-/m1/s1. The van der Waals surface area contributed by atoms with Gasteiger partial charge in [0.2, 0.25) is 11.7 Å². The molecule has 9 nitrogen and oxygen atoms in total. The number of nitrogens with one attached hydrogen (secondary N) is 1. The summed E-state index contributed by atoms with van der Waals surface area (Å²) in [4.78, 5) is 39.7. The highest BCUT2D eigenvalue weighted by Gasteiger charge is 2.41. The molecular weight excluding hydrogens is 417 g/mol. The van der Waals surface area contributed by atoms with Gasteiger partial charge in [0, 0.05) is 19.5 Å². The van der Waals surface area contributed by atoms with E-state index >= 15 is 0 Å². The first kappa shape index (κ1) is 20.8. The highest BCUT2D eigenvalue weighted by Crippen LogP contribution is 2.29. The normalized spacial score (nSPS) is 18.9. The number of urea groups is 1. The van der Waals surface area contributed by atoms with Gasteiger partial charge in [-0.1, -0.05) is 30.3 Å². The molecule has 12 heteroatoms. The van der Waals surface area contributed by atoms with Gasteiger partial charge in [0.15, 0.2) is 5.82 Å². The zero-order valence-corrected chi connectivity index (χ0v) is 16.3. The molecule has 2 aliphatic rings. The van der Waals surface area contributed by atoms with Crippen molar-refractivity contribution < 1.29 is 27.6 Å². The van der Waals surface area contributed by atoms with Crippen LogP contribution in [0.4, 0.5) is 18.0 Å². The number of amides is 4. The molecule has 2 aliphatic heterocycles. The van der Waals surface area contributed by atoms with E-state index in [1.165, 1.54) is 4.90 Å². The molecular formula is C19H19F3N6O3. The number of alkyl halides is 3. The Hall–Kier alpha value is -3.44. The summed E-state index contributed by atoms with van der Waals surface area (Å²) in [6, 6.07) is 7.72. The van der Waals surface area contributed by atoms with Gasteiger partial charge >= 0.3 is 12.2 Å². The summed E-state index contributed by atoms with van der Waals surface area (Å²) in [5.41, 5.74) is 0.804. The zero-order chi connectivity index (χ0) is 22.2. The molecule has 164 valence electrons. The number of rotatable bonds is 5. The van der Waals surface area contributed by atoms with Gasteiger partial charge in [-0.05, 0) is 12.0 Å². The van der Waals surface area contributed by atoms with Crippen molar-refractivity contribution in [2.75, 3.05) is 6.54 Å². The third kappa shape index (κ3) is 4.23. The summed E-state index contributed by atoms with van der Waals surface area (Å²) < 4.78 is 39.7. The second-order valence-corrected chi connectivity index (χ2v) is 7.36. The number of hydrogen-bond donors (Lipinski definition) is 1. The van der Waals surface area contributed by atoms with Crippen LogP contribution in [0.15, 0.2) is 30.3 Å². The molecule has 2 aromatic rings. The van der Waals surface area contributed by atoms with Gasteiger partial charge in [0.25, 0.3) is 5.91 Å². The van der Waals surface area contributed by atoms with Gasteiger partial charge in [-0.25, -0.2) is 4.79 Å². The number of benzene rings is 1. The van der Waals surface area contributed by atoms with E-state index in [1.807, 2.05) is 6.07 Å². The second-order valence-electron chi connectivity index (χ2n) is 7.36. The summed E-state index contributed by atoms with van der Waals surface area (Å²) in [6.45, 7) is 0.0667. The largest absolute Gasteiger partial charge is 0.451 e. The molecule has 31 heavy (non-hydrogen) atoms. The van der Waals surface area contributed by atoms with Crippen LogP contribution in [0, 0.1) is 0 Å². The fourth-order valence-corrected chi connectivity index (χ4v) is 3.69. The summed E-state index contributed by atoms with van der Waals surface area (Å²) >= 11 is 0. The van der Waals surface area contributed by atoms with Crippen LogP contribution in [-0.2, 0) is 35.4 Å². The predicted molar refractivity (Wildman–Crippen MR) is 99.0 cm³/mol. The molecule has 4 rings (SSSR count). The maximum Gasteiger partial charge on any atom is 0.451 e. The lowest BCUT2D eigenvalue weighted by molar-refractivity contribution is -0.148. The van der Waals surface area contributed by atoms with Gasteiger partial charge < -0.3 is 14.8 Å². The minimum Gasteiger partial charge on any atom is -0.333 e. The van der Waals surface area contributed by atoms with Crippen molar-refractivity contribution in [1.82, 2.24) is 29.9 Å². The Morgan fingerprint density at radius 1 is 1.13 bits per heavy atom. The summed E-state index contributed by atoms with van der Waals surface area (Å²) in [7, 11) is 0. The van der Waals surface area contributed by atoms with E-state index in [-0.39, 0.29) is 50.8 Å². The maximum absolute atomic E-state index is 12.9. The van der Waals surface area contributed by atoms with Crippen LogP contribution in [0.3, 0.4) is 0 Å². The van der Waals surface area contributed by atoms with Crippen LogP contribution >= 0.6 is 0 Å². The van der Waals surface area contributed by atoms with E-state index < -0.39 is 30.0 Å². The van der Waals surface area contributed by atoms with Crippen LogP contribution in [-0.4, -0.2) is 55.0 Å². The van der Waals surface area contributed by atoms with Crippen molar-refractivity contribution in [2.45, 2.75) is 44.7 Å². The molecule has 1 saturated heterocycles. The molecule has 0 spiro atoms. The lowest BCUT2D eigenvalue weighted by Gasteiger charge is -2.28. The molecule has 1 N–H and O–H groups in total. The minimum absolute atomic E-state index is 0.0316. The van der Waals surface area contributed by atoms with E-state index in [2.05, 4.69) is 15.5 Å². The Labute approximate surface area is 174 Å². The zero-order valence-electron chi connectivity index (χ0n) is 16.3. The van der Waals surface area contributed by atoms with E-state index in [4.69, 9.17) is 0 Å². The number of nitrogens with zero attached hydrogens (tertiary/aromatic N) is 5. The number of fused-ring (bicyclic) bond motifs is 1. The Kier molecular flexibility index (Phi) is 5.38. The van der Waals surface area contributed by atoms with Crippen LogP contribution in [0.2, 0.25) is 0 Å². The first-order valence-electron chi connectivity index (χ1n) is 9.67. The Balaban J connectivity index is 1.33. The Morgan fingerprint density at radius 2 is 1.87 bits per heavy atom. The van der Waals surface area contributed by atoms with Crippen LogP contribution < -0.4 is 5.32 Å². The van der Waals surface area contributed by atoms with Crippen LogP contribution in [0.5, 0.6) is 0 Å². The number of hydrogen-bond acceptors (Lipinski definition) is 5. The highest BCUT2D eigenvalue weighted by molar-refractivity contribution is 6.04. The first-order chi connectivity index (χ1) is 14.7. The average Bonchev–Trinajstić information content (AvgIpc) is 3.28. The van der Waals surface area contributed by atoms with Gasteiger partial charge in [-0.15, -0.1) is 10.2 Å². The molecule has 0 aliphatic carbocycles. The molecule has 0 bridgehead atoms. The smallest absolute Gasteiger partial charge is 0.333 e. The highest BCUT2D eigenvalue weighted by atomic mass is 19.4. The number of imide groups is 1. The number of aromatic nitrogens is 3. The number of halogens is 3. The second kappa shape index (κ2) is 8.00. The predicted octanol–water partition coefficient (Wildman–Crippen LogP) is 1.54. The molecule has 0 radical (unpaired) electrons. The molecule has 0 unspecified atom stereocenters. The third-order valence-corrected chi connectivity index (χ3v) is 5.30. The van der Waals surface area contributed by atoms with E-state index in [0.717, 1.165) is 15.0 Å². The molecule has 3 heterocycles. The van der Waals surface area contributed by atoms with Crippen molar-refractivity contribution in [3.05, 3.63) is 47.5 Å². The van der Waals surface area contributed by atoms with Crippen molar-refractivity contribution in [3.8, 4) is 0 Å². The molecule has 4 amide bonds. The number of carbonyl (C=O) groups is 3. The summed E-state index contributed by atoms with van der Waals surface area (Å²) in [5, 5.41) is 9.31. The fourth-order valence-electron chi connectivity index (χ4n) is 3.69. The molecule has 1 aromatic heterocycles. The lowest BCUT2D eigenvalue weighted by Crippen LogP contribution is -2.40. The quantitative estimate of drug-likeness (QED) is 0.717. The van der Waals surface area contributed by atoms with Gasteiger partial charge in [0.05, 0.1) is 13.1 Å².